The molecule has 2 rings (SSSR count). The van der Waals surface area contributed by atoms with Gasteiger partial charge in [0.25, 0.3) is 0 Å². The summed E-state index contributed by atoms with van der Waals surface area (Å²) in [5, 5.41) is 21.1. The molecule has 1 fully saturated rings. The first-order valence-electron chi connectivity index (χ1n) is 12.0. The van der Waals surface area contributed by atoms with Gasteiger partial charge in [-0.25, -0.2) is 14.3 Å². The molecular weight excluding hydrogens is 451 g/mol. The molecule has 0 amide bonds. The molecule has 0 spiro atoms. The lowest BCUT2D eigenvalue weighted by Crippen LogP contribution is -2.29. The zero-order valence-electron chi connectivity index (χ0n) is 19.7. The Bertz CT molecular complexity index is 818. The summed E-state index contributed by atoms with van der Waals surface area (Å²) in [5.41, 5.74) is -0.534. The van der Waals surface area contributed by atoms with Crippen molar-refractivity contribution in [3.05, 3.63) is 22.2 Å². The van der Waals surface area contributed by atoms with Crippen molar-refractivity contribution in [1.82, 2.24) is 9.55 Å². The van der Waals surface area contributed by atoms with E-state index in [9.17, 15) is 24.5 Å². The zero-order chi connectivity index (χ0) is 24.3. The largest absolute Gasteiger partial charge is 0.858 e. The van der Waals surface area contributed by atoms with Crippen molar-refractivity contribution in [2.24, 2.45) is 0 Å². The molecule has 0 radical (unpaired) electrons. The molecule has 0 saturated carbocycles. The molecule has 2 heterocycles. The zero-order valence-corrected chi connectivity index (χ0v) is 20.6. The Labute approximate surface area is 195 Å². The first-order valence-corrected chi connectivity index (χ1v) is 13.5. The highest BCUT2D eigenvalue weighted by Crippen LogP contribution is 2.48. The van der Waals surface area contributed by atoms with E-state index < -0.39 is 44.4 Å². The van der Waals surface area contributed by atoms with Crippen LogP contribution >= 0.6 is 7.82 Å². The number of aryl methyl sites for hydroxylation is 1. The van der Waals surface area contributed by atoms with E-state index in [1.807, 2.05) is 0 Å². The summed E-state index contributed by atoms with van der Waals surface area (Å²) < 4.78 is 29.4. The van der Waals surface area contributed by atoms with Crippen LogP contribution in [0.3, 0.4) is 0 Å². The predicted octanol–water partition coefficient (Wildman–Crippen LogP) is 3.33. The summed E-state index contributed by atoms with van der Waals surface area (Å²) in [6.07, 6.45) is 9.98. The Balaban J connectivity index is 1.72. The van der Waals surface area contributed by atoms with E-state index in [4.69, 9.17) is 13.8 Å². The van der Waals surface area contributed by atoms with Crippen LogP contribution in [0.25, 0.3) is 0 Å². The molecule has 190 valence electrons. The van der Waals surface area contributed by atoms with Crippen LogP contribution in [-0.2, 0) is 18.3 Å². The van der Waals surface area contributed by atoms with Gasteiger partial charge in [-0.2, -0.15) is 0 Å². The maximum atomic E-state index is 12.4. The number of ether oxygens (including phenoxy) is 1. The van der Waals surface area contributed by atoms with Crippen LogP contribution in [0, 0.1) is 6.92 Å². The molecule has 0 aliphatic carbocycles. The summed E-state index contributed by atoms with van der Waals surface area (Å²) in [4.78, 5) is 25.5. The maximum absolute atomic E-state index is 12.4. The molecule has 0 aromatic carbocycles. The van der Waals surface area contributed by atoms with Crippen LogP contribution in [0.4, 0.5) is 0 Å². The highest BCUT2D eigenvalue weighted by molar-refractivity contribution is 7.47. The average molecular weight is 490 g/mol. The monoisotopic (exact) mass is 489 g/mol. The molecular formula is C22H38N2O8P-. The SMILES string of the molecule is CCCCCCCCCCCCOP(=O)(O)O[C@H]1C[C@H](n2cc(C)c([O-])nc2=O)O[C@@H]1CO. The first kappa shape index (κ1) is 28.0. The molecule has 0 bridgehead atoms. The van der Waals surface area contributed by atoms with Gasteiger partial charge < -0.3 is 19.8 Å². The van der Waals surface area contributed by atoms with E-state index in [-0.39, 0.29) is 18.6 Å². The van der Waals surface area contributed by atoms with E-state index in [1.54, 1.807) is 0 Å². The van der Waals surface area contributed by atoms with Gasteiger partial charge in [-0.15, -0.1) is 0 Å². The molecule has 2 N–H and O–H groups in total. The van der Waals surface area contributed by atoms with Crippen LogP contribution < -0.4 is 10.8 Å². The lowest BCUT2D eigenvalue weighted by Gasteiger charge is -2.19. The Morgan fingerprint density at radius 3 is 2.39 bits per heavy atom. The molecule has 1 aromatic rings. The van der Waals surface area contributed by atoms with E-state index in [2.05, 4.69) is 11.9 Å². The quantitative estimate of drug-likeness (QED) is 0.264. The second-order valence-corrected chi connectivity index (χ2v) is 10.0. The standard InChI is InChI=1S/C22H39N2O8P/c1-3-4-5-6-7-8-9-10-11-12-13-30-33(28,29)32-18-14-20(31-19(18)16-25)24-15-17(2)21(26)23-22(24)27/h15,18-20,25H,3-14,16H2,1-2H3,(H,28,29)(H,23,26,27)/p-1/t18-,19+,20+/m0/s1. The van der Waals surface area contributed by atoms with Gasteiger partial charge in [0.2, 0.25) is 0 Å². The number of phosphoric ester groups is 1. The maximum Gasteiger partial charge on any atom is 0.472 e. The molecule has 11 heteroatoms. The minimum absolute atomic E-state index is 0.0244. The normalized spacial score (nSPS) is 22.5. The lowest BCUT2D eigenvalue weighted by atomic mass is 10.1. The Kier molecular flexibility index (Phi) is 12.0. The Morgan fingerprint density at radius 2 is 1.79 bits per heavy atom. The topological polar surface area (TPSA) is 143 Å². The minimum atomic E-state index is -4.36. The van der Waals surface area contributed by atoms with E-state index in [0.717, 1.165) is 23.8 Å². The lowest BCUT2D eigenvalue weighted by molar-refractivity contribution is -0.276. The fourth-order valence-corrected chi connectivity index (χ4v) is 4.86. The third-order valence-electron chi connectivity index (χ3n) is 5.78. The highest BCUT2D eigenvalue weighted by Gasteiger charge is 2.41. The van der Waals surface area contributed by atoms with Crippen LogP contribution in [0.5, 0.6) is 5.88 Å². The van der Waals surface area contributed by atoms with Gasteiger partial charge in [-0.05, 0) is 24.8 Å². The Hall–Kier alpha value is -1.29. The third kappa shape index (κ3) is 9.47. The molecule has 1 aromatic heterocycles. The first-order chi connectivity index (χ1) is 15.8. The van der Waals surface area contributed by atoms with E-state index in [0.29, 0.717) is 6.42 Å². The highest BCUT2D eigenvalue weighted by atomic mass is 31.2. The summed E-state index contributed by atoms with van der Waals surface area (Å²) in [5.74, 6) is -0.624. The summed E-state index contributed by atoms with van der Waals surface area (Å²) >= 11 is 0. The molecule has 4 atom stereocenters. The number of aromatic nitrogens is 2. The van der Waals surface area contributed by atoms with Gasteiger partial charge in [-0.1, -0.05) is 64.7 Å². The van der Waals surface area contributed by atoms with E-state index in [1.165, 1.54) is 51.6 Å². The third-order valence-corrected chi connectivity index (χ3v) is 6.83. The van der Waals surface area contributed by atoms with Gasteiger partial charge in [0.15, 0.2) is 0 Å². The number of nitrogens with zero attached hydrogens (tertiary/aromatic N) is 2. The van der Waals surface area contributed by atoms with Gasteiger partial charge in [0.05, 0.1) is 13.2 Å². The molecule has 33 heavy (non-hydrogen) atoms. The van der Waals surface area contributed by atoms with Gasteiger partial charge >= 0.3 is 13.5 Å². The van der Waals surface area contributed by atoms with Gasteiger partial charge in [-0.3, -0.25) is 13.6 Å². The molecule has 10 nitrogen and oxygen atoms in total. The summed E-state index contributed by atoms with van der Waals surface area (Å²) in [6.45, 7) is 3.35. The van der Waals surface area contributed by atoms with Crippen LogP contribution in [0.1, 0.15) is 89.3 Å². The molecule has 1 aliphatic rings. The van der Waals surface area contributed by atoms with E-state index >= 15 is 0 Å². The second-order valence-electron chi connectivity index (χ2n) is 8.59. The Morgan fingerprint density at radius 1 is 1.18 bits per heavy atom. The fraction of sp³-hybridized carbons (Fsp3) is 0.818. The van der Waals surface area contributed by atoms with Crippen molar-refractivity contribution in [3.8, 4) is 5.88 Å². The number of unbranched alkanes of at least 4 members (excludes halogenated alkanes) is 9. The van der Waals surface area contributed by atoms with Crippen molar-refractivity contribution < 1.29 is 33.5 Å². The average Bonchev–Trinajstić information content (AvgIpc) is 3.16. The number of hydrogen-bond acceptors (Lipinski definition) is 8. The van der Waals surface area contributed by atoms with Crippen LogP contribution in [-0.4, -0.2) is 45.0 Å². The second kappa shape index (κ2) is 14.2. The summed E-state index contributed by atoms with van der Waals surface area (Å²) in [7, 11) is -4.36. The van der Waals surface area contributed by atoms with Crippen molar-refractivity contribution in [2.75, 3.05) is 13.2 Å². The number of phosphoric acid groups is 1. The molecule has 1 unspecified atom stereocenters. The van der Waals surface area contributed by atoms with Crippen molar-refractivity contribution >= 4 is 7.82 Å². The number of aliphatic hydroxyl groups is 1. The number of rotatable bonds is 16. The van der Waals surface area contributed by atoms with Crippen molar-refractivity contribution in [2.45, 2.75) is 103 Å². The van der Waals surface area contributed by atoms with Crippen LogP contribution in [0.2, 0.25) is 0 Å². The van der Waals surface area contributed by atoms with Crippen molar-refractivity contribution in [1.29, 1.82) is 0 Å². The van der Waals surface area contributed by atoms with Gasteiger partial charge in [0, 0.05) is 12.6 Å². The van der Waals surface area contributed by atoms with Crippen LogP contribution in [0.15, 0.2) is 11.0 Å². The predicted molar refractivity (Wildman–Crippen MR) is 121 cm³/mol. The van der Waals surface area contributed by atoms with Gasteiger partial charge in [0.1, 0.15) is 18.4 Å². The minimum Gasteiger partial charge on any atom is -0.858 e. The molecule has 1 aliphatic heterocycles. The smallest absolute Gasteiger partial charge is 0.472 e. The number of aliphatic hydroxyl groups excluding tert-OH is 1. The number of hydrogen-bond donors (Lipinski definition) is 2. The summed E-state index contributed by atoms with van der Waals surface area (Å²) in [6, 6.07) is 0. The molecule has 1 saturated heterocycles. The van der Waals surface area contributed by atoms with Crippen molar-refractivity contribution in [3.63, 3.8) is 0 Å². The fourth-order valence-electron chi connectivity index (χ4n) is 3.88.